The molecule has 1 saturated carbocycles. The molecule has 0 unspecified atom stereocenters. The third kappa shape index (κ3) is 5.59. The maximum atomic E-state index is 15.3. The first-order chi connectivity index (χ1) is 28.9. The molecule has 4 aromatic carbocycles. The molecule has 13 nitrogen and oxygen atoms in total. The smallest absolute Gasteiger partial charge is 0.347 e. The molecule has 13 heteroatoms. The number of hydrogen-bond donors (Lipinski definition) is 1. The third-order valence-electron chi connectivity index (χ3n) is 12.8. The Morgan fingerprint density at radius 2 is 1.50 bits per heavy atom. The number of aryl methyl sites for hydroxylation is 4. The number of Topliss-reactive ketones (excluding diaryl/α,β-unsaturated/α-hetero) is 1. The summed E-state index contributed by atoms with van der Waals surface area (Å²) in [4.78, 5) is 77.6. The van der Waals surface area contributed by atoms with Gasteiger partial charge in [0.2, 0.25) is 0 Å². The fraction of sp³-hybridized carbons (Fsp3) is 0.277. The number of carbonyl (C=O) groups is 2. The number of ether oxygens (including phenoxy) is 2. The minimum Gasteiger partial charge on any atom is -0.507 e. The number of hydrogen-bond acceptors (Lipinski definition) is 9. The minimum absolute atomic E-state index is 0.0201. The van der Waals surface area contributed by atoms with Gasteiger partial charge >= 0.3 is 11.4 Å². The van der Waals surface area contributed by atoms with Crippen LogP contribution in [0.5, 0.6) is 17.2 Å². The van der Waals surface area contributed by atoms with Crippen molar-refractivity contribution in [3.8, 4) is 17.2 Å². The molecule has 3 aliphatic rings. The number of fused-ring (bicyclic) bond motifs is 5. The predicted octanol–water partition coefficient (Wildman–Crippen LogP) is 5.10. The molecule has 3 heterocycles. The number of rotatable bonds is 8. The number of ketones is 2. The molecule has 0 spiro atoms. The summed E-state index contributed by atoms with van der Waals surface area (Å²) < 4.78 is 16.3. The molecule has 60 heavy (non-hydrogen) atoms. The molecule has 9 rings (SSSR count). The fourth-order valence-electron chi connectivity index (χ4n) is 10.00. The van der Waals surface area contributed by atoms with Crippen LogP contribution in [0.1, 0.15) is 51.9 Å². The standard InChI is InChI=1S/C47H43N5O8/c1-26-20-29(21-27(2)42(26)54)41-31-16-19-51-45(57)50(18-17-34-44(56)49(3)37-25-39(60-5)38(59-4)24-35(37)48-34)46(58)52(51)36(31)23-33-43(55)32(28-12-8-6-9-13-28)22-40(53)47(33,41)30-14-10-7-11-15-30/h6-16,20-22,24-25,33,36,41,54H,17-19,23H2,1-5H3/t33-,36+,41-,47-/m0/s1. The van der Waals surface area contributed by atoms with E-state index < -0.39 is 34.7 Å². The number of phenols is 1. The zero-order valence-electron chi connectivity index (χ0n) is 33.8. The molecule has 0 radical (unpaired) electrons. The highest BCUT2D eigenvalue weighted by Crippen LogP contribution is 2.61. The maximum absolute atomic E-state index is 15.3. The van der Waals surface area contributed by atoms with Gasteiger partial charge in [0.1, 0.15) is 11.4 Å². The zero-order valence-corrected chi connectivity index (χ0v) is 33.8. The van der Waals surface area contributed by atoms with E-state index in [-0.39, 0.29) is 54.5 Å². The van der Waals surface area contributed by atoms with Gasteiger partial charge in [-0.3, -0.25) is 14.4 Å². The van der Waals surface area contributed by atoms with Crippen molar-refractivity contribution >= 4 is 28.2 Å². The molecule has 1 fully saturated rings. The van der Waals surface area contributed by atoms with Gasteiger partial charge in [0.05, 0.1) is 43.3 Å². The molecule has 304 valence electrons. The SMILES string of the molecule is COc1cc2nc(CCn3c(=O)n4n(c3=O)[C@@H]3C[C@H]5C(=O)C(c6ccccc6)=CC(=O)[C@@]5(c5ccccc5)[C@@H](c5cc(C)c(O)c(C)c5)C3=CC4)c(=O)n(C)c2cc1OC. The Balaban J connectivity index is 1.20. The molecular weight excluding hydrogens is 763 g/mol. The van der Waals surface area contributed by atoms with Gasteiger partial charge in [-0.1, -0.05) is 78.9 Å². The van der Waals surface area contributed by atoms with E-state index in [0.29, 0.717) is 55.9 Å². The molecule has 6 aromatic rings. The lowest BCUT2D eigenvalue weighted by Crippen LogP contribution is -2.58. The Hall–Kier alpha value is -7.02. The molecular formula is C47H43N5O8. The normalized spacial score (nSPS) is 20.9. The van der Waals surface area contributed by atoms with Crippen LogP contribution in [0.3, 0.4) is 0 Å². The van der Waals surface area contributed by atoms with Crippen LogP contribution in [-0.4, -0.2) is 54.4 Å². The van der Waals surface area contributed by atoms with Crippen molar-refractivity contribution in [3.05, 3.63) is 167 Å². The lowest BCUT2D eigenvalue weighted by molar-refractivity contribution is -0.133. The Kier molecular flexibility index (Phi) is 9.22. The Labute approximate surface area is 344 Å². The van der Waals surface area contributed by atoms with E-state index >= 15 is 9.59 Å². The summed E-state index contributed by atoms with van der Waals surface area (Å²) in [6.07, 6.45) is 3.43. The minimum atomic E-state index is -1.42. The van der Waals surface area contributed by atoms with Crippen LogP contribution in [-0.2, 0) is 41.6 Å². The monoisotopic (exact) mass is 805 g/mol. The van der Waals surface area contributed by atoms with Crippen molar-refractivity contribution in [2.24, 2.45) is 13.0 Å². The summed E-state index contributed by atoms with van der Waals surface area (Å²) in [5.74, 6) is -1.18. The van der Waals surface area contributed by atoms with Gasteiger partial charge < -0.3 is 19.1 Å². The van der Waals surface area contributed by atoms with E-state index in [1.807, 2.05) is 66.7 Å². The highest BCUT2D eigenvalue weighted by molar-refractivity contribution is 6.31. The van der Waals surface area contributed by atoms with Crippen LogP contribution >= 0.6 is 0 Å². The first kappa shape index (κ1) is 38.5. The van der Waals surface area contributed by atoms with Crippen LogP contribution in [0.2, 0.25) is 0 Å². The van der Waals surface area contributed by atoms with E-state index in [1.165, 1.54) is 34.2 Å². The van der Waals surface area contributed by atoms with Crippen molar-refractivity contribution in [3.63, 3.8) is 0 Å². The molecule has 1 aliphatic heterocycles. The van der Waals surface area contributed by atoms with Crippen LogP contribution < -0.4 is 26.4 Å². The number of nitrogens with zero attached hydrogens (tertiary/aromatic N) is 5. The average molecular weight is 806 g/mol. The van der Waals surface area contributed by atoms with Crippen molar-refractivity contribution in [2.75, 3.05) is 14.2 Å². The molecule has 4 atom stereocenters. The van der Waals surface area contributed by atoms with Gasteiger partial charge in [0.15, 0.2) is 23.1 Å². The molecule has 0 amide bonds. The largest absolute Gasteiger partial charge is 0.507 e. The second-order valence-electron chi connectivity index (χ2n) is 15.8. The van der Waals surface area contributed by atoms with Gasteiger partial charge in [-0.2, -0.15) is 0 Å². The number of aromatic hydroxyl groups is 1. The Bertz CT molecular complexity index is 3000. The lowest BCUT2D eigenvalue weighted by Gasteiger charge is -2.54. The van der Waals surface area contributed by atoms with Gasteiger partial charge in [-0.05, 0) is 59.7 Å². The number of phenolic OH excluding ortho intramolecular Hbond substituents is 1. The number of allylic oxidation sites excluding steroid dienone is 4. The van der Waals surface area contributed by atoms with Crippen molar-refractivity contribution in [2.45, 2.75) is 57.2 Å². The summed E-state index contributed by atoms with van der Waals surface area (Å²) in [7, 11) is 4.63. The highest BCUT2D eigenvalue weighted by atomic mass is 16.5. The summed E-state index contributed by atoms with van der Waals surface area (Å²) in [5.41, 5.74) is 2.40. The topological polar surface area (TPSA) is 157 Å². The first-order valence-electron chi connectivity index (χ1n) is 19.9. The molecule has 2 aliphatic carbocycles. The van der Waals surface area contributed by atoms with Crippen molar-refractivity contribution < 1.29 is 24.2 Å². The summed E-state index contributed by atoms with van der Waals surface area (Å²) in [6.45, 7) is 3.48. The second kappa shape index (κ2) is 14.4. The summed E-state index contributed by atoms with van der Waals surface area (Å²) >= 11 is 0. The Morgan fingerprint density at radius 3 is 2.17 bits per heavy atom. The van der Waals surface area contributed by atoms with Crippen LogP contribution in [0.15, 0.2) is 117 Å². The first-order valence-corrected chi connectivity index (χ1v) is 19.9. The van der Waals surface area contributed by atoms with Gasteiger partial charge in [0, 0.05) is 49.6 Å². The van der Waals surface area contributed by atoms with Crippen molar-refractivity contribution in [1.29, 1.82) is 0 Å². The third-order valence-corrected chi connectivity index (χ3v) is 12.8. The number of benzene rings is 4. The molecule has 0 saturated heterocycles. The van der Waals surface area contributed by atoms with Crippen LogP contribution in [0, 0.1) is 19.8 Å². The number of carbonyl (C=O) groups excluding carboxylic acids is 2. The lowest BCUT2D eigenvalue weighted by atomic mass is 9.47. The fourth-order valence-corrected chi connectivity index (χ4v) is 10.00. The summed E-state index contributed by atoms with van der Waals surface area (Å²) in [5, 5.41) is 10.9. The molecule has 2 aromatic heterocycles. The van der Waals surface area contributed by atoms with Crippen LogP contribution in [0.4, 0.5) is 0 Å². The van der Waals surface area contributed by atoms with E-state index in [9.17, 15) is 19.5 Å². The van der Waals surface area contributed by atoms with E-state index in [2.05, 4.69) is 4.98 Å². The van der Waals surface area contributed by atoms with Crippen LogP contribution in [0.25, 0.3) is 16.6 Å². The van der Waals surface area contributed by atoms with E-state index in [0.717, 1.165) is 10.1 Å². The number of aromatic nitrogens is 5. The molecule has 0 bridgehead atoms. The summed E-state index contributed by atoms with van der Waals surface area (Å²) in [6, 6.07) is 24.7. The highest BCUT2D eigenvalue weighted by Gasteiger charge is 2.63. The van der Waals surface area contributed by atoms with Gasteiger partial charge in [-0.15, -0.1) is 0 Å². The number of methoxy groups -OCH3 is 2. The second-order valence-corrected chi connectivity index (χ2v) is 15.8. The van der Waals surface area contributed by atoms with Gasteiger partial charge in [-0.25, -0.2) is 28.5 Å². The Morgan fingerprint density at radius 1 is 0.850 bits per heavy atom. The zero-order chi connectivity index (χ0) is 42.2. The predicted molar refractivity (Wildman–Crippen MR) is 225 cm³/mol. The van der Waals surface area contributed by atoms with E-state index in [4.69, 9.17) is 9.47 Å². The average Bonchev–Trinajstić information content (AvgIpc) is 3.51. The molecule has 1 N–H and O–H groups in total. The quantitative estimate of drug-likeness (QED) is 0.207. The maximum Gasteiger partial charge on any atom is 0.347 e. The van der Waals surface area contributed by atoms with E-state index in [1.54, 1.807) is 45.2 Å². The van der Waals surface area contributed by atoms with Crippen molar-refractivity contribution in [1.82, 2.24) is 23.5 Å². The van der Waals surface area contributed by atoms with Gasteiger partial charge in [0.25, 0.3) is 5.56 Å².